The van der Waals surface area contributed by atoms with E-state index in [4.69, 9.17) is 18.9 Å². The number of aliphatic imine (C=N–C) groups is 1. The molecular formula is C23H35IN4O3S. The first-order valence-corrected chi connectivity index (χ1v) is 12.1. The van der Waals surface area contributed by atoms with Gasteiger partial charge in [0.15, 0.2) is 5.96 Å². The van der Waals surface area contributed by atoms with Gasteiger partial charge in [0, 0.05) is 54.9 Å². The summed E-state index contributed by atoms with van der Waals surface area (Å²) in [5, 5.41) is 7.04. The van der Waals surface area contributed by atoms with E-state index in [0.29, 0.717) is 5.92 Å². The van der Waals surface area contributed by atoms with Crippen LogP contribution < -0.4 is 10.6 Å². The minimum absolute atomic E-state index is 0. The highest BCUT2D eigenvalue weighted by Crippen LogP contribution is 2.28. The summed E-state index contributed by atoms with van der Waals surface area (Å²) >= 11 is 1.87. The van der Waals surface area contributed by atoms with Crippen LogP contribution in [0.4, 0.5) is 0 Å². The van der Waals surface area contributed by atoms with Gasteiger partial charge in [-0.15, -0.1) is 35.3 Å². The predicted molar refractivity (Wildman–Crippen MR) is 139 cm³/mol. The normalized spacial score (nSPS) is 20.7. The fourth-order valence-electron chi connectivity index (χ4n) is 4.00. The lowest BCUT2D eigenvalue weighted by Gasteiger charge is -2.33. The van der Waals surface area contributed by atoms with E-state index in [1.807, 2.05) is 23.5 Å². The van der Waals surface area contributed by atoms with E-state index in [0.717, 1.165) is 83.7 Å². The van der Waals surface area contributed by atoms with Crippen molar-refractivity contribution in [3.05, 3.63) is 46.0 Å². The molecule has 2 N–H and O–H groups in total. The Kier molecular flexibility index (Phi) is 10.8. The molecule has 9 heteroatoms. The molecule has 178 valence electrons. The first kappa shape index (κ1) is 25.5. The Morgan fingerprint density at radius 2 is 2.06 bits per heavy atom. The van der Waals surface area contributed by atoms with Crippen molar-refractivity contribution in [2.24, 2.45) is 10.9 Å². The maximum Gasteiger partial charge on any atom is 0.191 e. The molecule has 4 heterocycles. The van der Waals surface area contributed by atoms with Gasteiger partial charge in [-0.2, -0.15) is 0 Å². The largest absolute Gasteiger partial charge is 0.469 e. The van der Waals surface area contributed by atoms with Gasteiger partial charge < -0.3 is 24.5 Å². The standard InChI is InChI=1S/C23H34N4O3S.HI/c1-18-4-5-22(31-18)21(27-9-13-28-14-10-27)16-26-23(25-15-19-7-12-29-17-19)24-8-6-20-3-2-11-30-20;/h2-5,11,19,21H,6-10,12-17H2,1H3,(H2,24,25,26);1H. The lowest BCUT2D eigenvalue weighted by Crippen LogP contribution is -2.43. The van der Waals surface area contributed by atoms with Gasteiger partial charge in [0.2, 0.25) is 0 Å². The van der Waals surface area contributed by atoms with Crippen molar-refractivity contribution in [1.29, 1.82) is 0 Å². The average molecular weight is 575 g/mol. The van der Waals surface area contributed by atoms with Crippen LogP contribution in [0.15, 0.2) is 39.9 Å². The van der Waals surface area contributed by atoms with E-state index in [9.17, 15) is 0 Å². The summed E-state index contributed by atoms with van der Waals surface area (Å²) in [6.07, 6.45) is 3.66. The number of ether oxygens (including phenoxy) is 2. The third-order valence-electron chi connectivity index (χ3n) is 5.82. The van der Waals surface area contributed by atoms with Crippen LogP contribution >= 0.6 is 35.3 Å². The van der Waals surface area contributed by atoms with Gasteiger partial charge in [0.25, 0.3) is 0 Å². The van der Waals surface area contributed by atoms with Gasteiger partial charge in [0.1, 0.15) is 5.76 Å². The van der Waals surface area contributed by atoms with E-state index in [1.54, 1.807) is 6.26 Å². The van der Waals surface area contributed by atoms with Gasteiger partial charge in [-0.05, 0) is 37.6 Å². The van der Waals surface area contributed by atoms with Gasteiger partial charge in [0.05, 0.1) is 38.7 Å². The second-order valence-corrected chi connectivity index (χ2v) is 9.49. The number of nitrogens with one attached hydrogen (secondary N) is 2. The van der Waals surface area contributed by atoms with Crippen molar-refractivity contribution in [2.45, 2.75) is 25.8 Å². The third-order valence-corrected chi connectivity index (χ3v) is 6.93. The Morgan fingerprint density at radius 1 is 1.19 bits per heavy atom. The lowest BCUT2D eigenvalue weighted by atomic mass is 10.1. The summed E-state index contributed by atoms with van der Waals surface area (Å²) in [5.41, 5.74) is 0. The highest BCUT2D eigenvalue weighted by atomic mass is 127. The van der Waals surface area contributed by atoms with Crippen molar-refractivity contribution in [3.8, 4) is 0 Å². The molecule has 2 unspecified atom stereocenters. The number of hydrogen-bond acceptors (Lipinski definition) is 6. The van der Waals surface area contributed by atoms with E-state index in [2.05, 4.69) is 34.6 Å². The van der Waals surface area contributed by atoms with Crippen LogP contribution in [0.3, 0.4) is 0 Å². The van der Waals surface area contributed by atoms with Gasteiger partial charge >= 0.3 is 0 Å². The first-order valence-electron chi connectivity index (χ1n) is 11.3. The summed E-state index contributed by atoms with van der Waals surface area (Å²) in [6.45, 7) is 9.72. The van der Waals surface area contributed by atoms with Crippen LogP contribution in [0.25, 0.3) is 0 Å². The first-order chi connectivity index (χ1) is 15.3. The number of morpholine rings is 1. The molecule has 2 saturated heterocycles. The summed E-state index contributed by atoms with van der Waals surface area (Å²) < 4.78 is 16.6. The zero-order chi connectivity index (χ0) is 21.3. The predicted octanol–water partition coefficient (Wildman–Crippen LogP) is 3.46. The second-order valence-electron chi connectivity index (χ2n) is 8.17. The Bertz CT molecular complexity index is 802. The minimum atomic E-state index is 0. The molecule has 2 aliphatic rings. The molecular weight excluding hydrogens is 539 g/mol. The van der Waals surface area contributed by atoms with E-state index in [-0.39, 0.29) is 30.0 Å². The van der Waals surface area contributed by atoms with Crippen LogP contribution in [0.1, 0.15) is 28.0 Å². The van der Waals surface area contributed by atoms with Crippen molar-refractivity contribution in [2.75, 3.05) is 59.2 Å². The minimum Gasteiger partial charge on any atom is -0.469 e. The zero-order valence-electron chi connectivity index (χ0n) is 18.8. The van der Waals surface area contributed by atoms with Crippen LogP contribution in [-0.2, 0) is 15.9 Å². The van der Waals surface area contributed by atoms with Crippen LogP contribution in [0.5, 0.6) is 0 Å². The summed E-state index contributed by atoms with van der Waals surface area (Å²) in [6, 6.07) is 8.68. The SMILES string of the molecule is Cc1ccc(C(CN=C(NCCc2ccco2)NCC2CCOC2)N2CCOCC2)s1.I. The zero-order valence-corrected chi connectivity index (χ0v) is 21.9. The summed E-state index contributed by atoms with van der Waals surface area (Å²) in [5.74, 6) is 2.40. The highest BCUT2D eigenvalue weighted by Gasteiger charge is 2.24. The number of guanidine groups is 1. The maximum absolute atomic E-state index is 5.58. The molecule has 0 bridgehead atoms. The smallest absolute Gasteiger partial charge is 0.191 e. The fourth-order valence-corrected chi connectivity index (χ4v) is 5.01. The molecule has 0 aliphatic carbocycles. The van der Waals surface area contributed by atoms with Crippen molar-refractivity contribution < 1.29 is 13.9 Å². The van der Waals surface area contributed by atoms with Gasteiger partial charge in [-0.1, -0.05) is 0 Å². The number of aryl methyl sites for hydroxylation is 1. The highest BCUT2D eigenvalue weighted by molar-refractivity contribution is 14.0. The summed E-state index contributed by atoms with van der Waals surface area (Å²) in [4.78, 5) is 10.2. The monoisotopic (exact) mass is 574 g/mol. The molecule has 2 fully saturated rings. The molecule has 0 spiro atoms. The molecule has 32 heavy (non-hydrogen) atoms. The Balaban J connectivity index is 0.00000289. The van der Waals surface area contributed by atoms with Crippen LogP contribution in [-0.4, -0.2) is 70.0 Å². The number of halogens is 1. The van der Waals surface area contributed by atoms with Crippen LogP contribution in [0.2, 0.25) is 0 Å². The molecule has 4 rings (SSSR count). The molecule has 0 aromatic carbocycles. The molecule has 0 saturated carbocycles. The molecule has 2 atom stereocenters. The quantitative estimate of drug-likeness (QED) is 0.272. The van der Waals surface area contributed by atoms with E-state index >= 15 is 0 Å². The average Bonchev–Trinajstić information content (AvgIpc) is 3.56. The maximum atomic E-state index is 5.58. The molecule has 2 aliphatic heterocycles. The van der Waals surface area contributed by atoms with E-state index in [1.165, 1.54) is 9.75 Å². The molecule has 7 nitrogen and oxygen atoms in total. The van der Waals surface area contributed by atoms with Crippen molar-refractivity contribution in [1.82, 2.24) is 15.5 Å². The number of rotatable bonds is 9. The Labute approximate surface area is 212 Å². The Morgan fingerprint density at radius 3 is 2.75 bits per heavy atom. The number of thiophene rings is 1. The number of hydrogen-bond donors (Lipinski definition) is 2. The van der Waals surface area contributed by atoms with Crippen molar-refractivity contribution in [3.63, 3.8) is 0 Å². The van der Waals surface area contributed by atoms with Crippen LogP contribution in [0, 0.1) is 12.8 Å². The number of furan rings is 1. The Hall–Kier alpha value is -1.14. The fraction of sp³-hybridized carbons (Fsp3) is 0.609. The summed E-state index contributed by atoms with van der Waals surface area (Å²) in [7, 11) is 0. The van der Waals surface area contributed by atoms with E-state index < -0.39 is 0 Å². The molecule has 0 amide bonds. The second kappa shape index (κ2) is 13.5. The lowest BCUT2D eigenvalue weighted by molar-refractivity contribution is 0.0186. The third kappa shape index (κ3) is 7.72. The molecule has 2 aromatic rings. The van der Waals surface area contributed by atoms with Crippen molar-refractivity contribution >= 4 is 41.3 Å². The van der Waals surface area contributed by atoms with Gasteiger partial charge in [-0.25, -0.2) is 0 Å². The molecule has 2 aromatic heterocycles. The van der Waals surface area contributed by atoms with Gasteiger partial charge in [-0.3, -0.25) is 9.89 Å². The topological polar surface area (TPSA) is 71.3 Å². The molecule has 0 radical (unpaired) electrons. The number of nitrogens with zero attached hydrogens (tertiary/aromatic N) is 2.